The first kappa shape index (κ1) is 15.1. The average Bonchev–Trinajstić information content (AvgIpc) is 2.65. The number of hydrogen-bond donors (Lipinski definition) is 1. The molecule has 3 aromatic carbocycles. The molecule has 4 aromatic rings. The Morgan fingerprint density at radius 3 is 2.44 bits per heavy atom. The highest BCUT2D eigenvalue weighted by Crippen LogP contribution is 2.24. The highest BCUT2D eigenvalue weighted by atomic mass is 16.2. The van der Waals surface area contributed by atoms with E-state index in [9.17, 15) is 9.59 Å². The Bertz CT molecular complexity index is 1160. The number of nitrogens with one attached hydrogen (secondary N) is 1. The molecule has 4 nitrogen and oxygen atoms in total. The maximum atomic E-state index is 13.0. The summed E-state index contributed by atoms with van der Waals surface area (Å²) in [4.78, 5) is 29.3. The lowest BCUT2D eigenvalue weighted by Crippen LogP contribution is -2.27. The van der Waals surface area contributed by atoms with Crippen molar-refractivity contribution in [3.05, 3.63) is 88.7 Å². The minimum atomic E-state index is -0.283. The molecular formula is C21H16N2O2. The number of amides is 1. The van der Waals surface area contributed by atoms with Crippen LogP contribution in [0.15, 0.2) is 77.6 Å². The fourth-order valence-electron chi connectivity index (χ4n) is 3.06. The van der Waals surface area contributed by atoms with E-state index in [-0.39, 0.29) is 11.5 Å². The molecule has 1 heterocycles. The van der Waals surface area contributed by atoms with Crippen LogP contribution in [-0.2, 0) is 0 Å². The first-order chi connectivity index (χ1) is 12.1. The van der Waals surface area contributed by atoms with Gasteiger partial charge < -0.3 is 9.88 Å². The van der Waals surface area contributed by atoms with Gasteiger partial charge in [-0.3, -0.25) is 9.59 Å². The molecule has 0 spiro atoms. The van der Waals surface area contributed by atoms with E-state index in [1.165, 1.54) is 6.07 Å². The molecule has 0 bridgehead atoms. The molecule has 0 radical (unpaired) electrons. The molecule has 4 heteroatoms. The van der Waals surface area contributed by atoms with Crippen molar-refractivity contribution in [1.82, 2.24) is 4.98 Å². The quantitative estimate of drug-likeness (QED) is 0.605. The van der Waals surface area contributed by atoms with Crippen molar-refractivity contribution in [3.63, 3.8) is 0 Å². The number of H-pyrrole nitrogens is 1. The highest BCUT2D eigenvalue weighted by Gasteiger charge is 2.17. The lowest BCUT2D eigenvalue weighted by molar-refractivity contribution is 0.0994. The summed E-state index contributed by atoms with van der Waals surface area (Å²) in [6.45, 7) is 0. The first-order valence-corrected chi connectivity index (χ1v) is 8.02. The maximum absolute atomic E-state index is 13.0. The number of carbonyl (C=O) groups is 1. The first-order valence-electron chi connectivity index (χ1n) is 8.02. The molecule has 25 heavy (non-hydrogen) atoms. The van der Waals surface area contributed by atoms with Crippen LogP contribution in [0.1, 0.15) is 10.4 Å². The van der Waals surface area contributed by atoms with Crippen LogP contribution in [0.3, 0.4) is 0 Å². The average molecular weight is 328 g/mol. The lowest BCUT2D eigenvalue weighted by atomic mass is 10.1. The fraction of sp³-hybridized carbons (Fsp3) is 0.0476. The van der Waals surface area contributed by atoms with Crippen LogP contribution in [0.4, 0.5) is 5.69 Å². The molecule has 4 rings (SSSR count). The summed E-state index contributed by atoms with van der Waals surface area (Å²) in [6, 6.07) is 22.6. The monoisotopic (exact) mass is 328 g/mol. The van der Waals surface area contributed by atoms with E-state index in [4.69, 9.17) is 0 Å². The van der Waals surface area contributed by atoms with Crippen molar-refractivity contribution < 1.29 is 4.79 Å². The molecule has 0 atom stereocenters. The Kier molecular flexibility index (Phi) is 3.58. The van der Waals surface area contributed by atoms with Crippen molar-refractivity contribution in [2.24, 2.45) is 0 Å². The van der Waals surface area contributed by atoms with Gasteiger partial charge in [-0.2, -0.15) is 0 Å². The zero-order valence-electron chi connectivity index (χ0n) is 13.7. The van der Waals surface area contributed by atoms with Crippen LogP contribution in [0, 0.1) is 0 Å². The van der Waals surface area contributed by atoms with Gasteiger partial charge in [0.25, 0.3) is 5.91 Å². The molecule has 1 N–H and O–H groups in total. The summed E-state index contributed by atoms with van der Waals surface area (Å²) in [5.41, 5.74) is 1.56. The van der Waals surface area contributed by atoms with Crippen molar-refractivity contribution in [1.29, 1.82) is 0 Å². The normalized spacial score (nSPS) is 10.9. The summed E-state index contributed by atoms with van der Waals surface area (Å²) >= 11 is 0. The van der Waals surface area contributed by atoms with Crippen LogP contribution in [0.25, 0.3) is 21.7 Å². The number of aromatic nitrogens is 1. The Morgan fingerprint density at radius 2 is 1.60 bits per heavy atom. The number of para-hydroxylation sites is 1. The smallest absolute Gasteiger partial charge is 0.258 e. The van der Waals surface area contributed by atoms with Gasteiger partial charge >= 0.3 is 0 Å². The topological polar surface area (TPSA) is 53.2 Å². The summed E-state index contributed by atoms with van der Waals surface area (Å²) < 4.78 is 0. The van der Waals surface area contributed by atoms with Gasteiger partial charge in [0.15, 0.2) is 0 Å². The molecule has 1 aromatic heterocycles. The molecule has 0 saturated heterocycles. The molecule has 1 amide bonds. The maximum Gasteiger partial charge on any atom is 0.258 e. The number of hydrogen-bond acceptors (Lipinski definition) is 2. The number of anilines is 1. The van der Waals surface area contributed by atoms with E-state index in [1.54, 1.807) is 18.0 Å². The number of rotatable bonds is 2. The third kappa shape index (κ3) is 2.68. The Hall–Kier alpha value is -3.40. The molecule has 0 aliphatic carbocycles. The summed E-state index contributed by atoms with van der Waals surface area (Å²) in [6.07, 6.45) is 0. The van der Waals surface area contributed by atoms with Gasteiger partial charge in [-0.15, -0.1) is 0 Å². The molecule has 0 saturated carbocycles. The molecular weight excluding hydrogens is 312 g/mol. The minimum absolute atomic E-state index is 0.211. The van der Waals surface area contributed by atoms with Crippen molar-refractivity contribution in [2.75, 3.05) is 11.9 Å². The van der Waals surface area contributed by atoms with Crippen molar-refractivity contribution in [3.8, 4) is 0 Å². The second-order valence-electron chi connectivity index (χ2n) is 5.99. The third-order valence-electron chi connectivity index (χ3n) is 4.41. The predicted octanol–water partition coefficient (Wildman–Crippen LogP) is 3.96. The van der Waals surface area contributed by atoms with Gasteiger partial charge in [-0.05, 0) is 29.0 Å². The Labute approximate surface area is 144 Å². The molecule has 0 unspecified atom stereocenters. The highest BCUT2D eigenvalue weighted by molar-refractivity contribution is 6.13. The number of pyridine rings is 1. The number of benzene rings is 3. The van der Waals surface area contributed by atoms with Gasteiger partial charge in [0.1, 0.15) is 0 Å². The van der Waals surface area contributed by atoms with Gasteiger partial charge in [0.2, 0.25) is 5.56 Å². The largest absolute Gasteiger partial charge is 0.322 e. The van der Waals surface area contributed by atoms with Gasteiger partial charge in [-0.1, -0.05) is 48.5 Å². The van der Waals surface area contributed by atoms with Crippen molar-refractivity contribution in [2.45, 2.75) is 0 Å². The van der Waals surface area contributed by atoms with Gasteiger partial charge in [-0.25, -0.2) is 0 Å². The summed E-state index contributed by atoms with van der Waals surface area (Å²) in [5.74, 6) is -0.211. The SMILES string of the molecule is CN(C(=O)c1cc(=O)[nH]c2ccccc12)c1ccc2ccccc2c1. The predicted molar refractivity (Wildman–Crippen MR) is 101 cm³/mol. The van der Waals surface area contributed by atoms with Crippen molar-refractivity contribution >= 4 is 33.3 Å². The summed E-state index contributed by atoms with van der Waals surface area (Å²) in [5, 5.41) is 2.92. The van der Waals surface area contributed by atoms with E-state index < -0.39 is 0 Å². The molecule has 0 aliphatic rings. The number of carbonyl (C=O) groups excluding carboxylic acids is 1. The van der Waals surface area contributed by atoms with E-state index in [1.807, 2.05) is 60.7 Å². The zero-order valence-corrected chi connectivity index (χ0v) is 13.7. The van der Waals surface area contributed by atoms with Crippen LogP contribution in [0.5, 0.6) is 0 Å². The number of fused-ring (bicyclic) bond motifs is 2. The Balaban J connectivity index is 1.81. The second kappa shape index (κ2) is 5.91. The number of aromatic amines is 1. The fourth-order valence-corrected chi connectivity index (χ4v) is 3.06. The van der Waals surface area contributed by atoms with Crippen LogP contribution in [-0.4, -0.2) is 17.9 Å². The van der Waals surface area contributed by atoms with Crippen LogP contribution in [0.2, 0.25) is 0 Å². The van der Waals surface area contributed by atoms with Crippen LogP contribution >= 0.6 is 0 Å². The van der Waals surface area contributed by atoms with Gasteiger partial charge in [0.05, 0.1) is 5.56 Å². The molecule has 122 valence electrons. The second-order valence-corrected chi connectivity index (χ2v) is 5.99. The zero-order chi connectivity index (χ0) is 17.4. The minimum Gasteiger partial charge on any atom is -0.322 e. The van der Waals surface area contributed by atoms with E-state index in [0.717, 1.165) is 21.8 Å². The summed E-state index contributed by atoms with van der Waals surface area (Å²) in [7, 11) is 1.72. The van der Waals surface area contributed by atoms with Crippen LogP contribution < -0.4 is 10.5 Å². The molecule has 0 fully saturated rings. The lowest BCUT2D eigenvalue weighted by Gasteiger charge is -2.19. The number of nitrogens with zero attached hydrogens (tertiary/aromatic N) is 1. The Morgan fingerprint density at radius 1 is 0.880 bits per heavy atom. The third-order valence-corrected chi connectivity index (χ3v) is 4.41. The molecule has 0 aliphatic heterocycles. The standard InChI is InChI=1S/C21H16N2O2/c1-23(16-11-10-14-6-2-3-7-15(14)12-16)21(25)18-13-20(24)22-19-9-5-4-8-17(18)19/h2-13H,1H3,(H,22,24). The van der Waals surface area contributed by atoms with E-state index in [2.05, 4.69) is 4.98 Å². The van der Waals surface area contributed by atoms with Gasteiger partial charge in [0, 0.05) is 29.7 Å². The van der Waals surface area contributed by atoms with E-state index >= 15 is 0 Å². The van der Waals surface area contributed by atoms with E-state index in [0.29, 0.717) is 11.1 Å².